The number of likely N-dealkylation sites (N-methyl/N-ethyl adjacent to an activating group) is 1. The smallest absolute Gasteiger partial charge is 0.321 e. The van der Waals surface area contributed by atoms with E-state index in [-0.39, 0.29) is 12.1 Å². The van der Waals surface area contributed by atoms with Gasteiger partial charge in [0, 0.05) is 37.9 Å². The Morgan fingerprint density at radius 1 is 1.32 bits per heavy atom. The van der Waals surface area contributed by atoms with Gasteiger partial charge in [-0.05, 0) is 31.7 Å². The number of rotatable bonds is 2. The van der Waals surface area contributed by atoms with Crippen LogP contribution in [-0.2, 0) is 0 Å². The van der Waals surface area contributed by atoms with Crippen LogP contribution in [0.3, 0.4) is 0 Å². The lowest BCUT2D eigenvalue weighted by Crippen LogP contribution is -2.48. The van der Waals surface area contributed by atoms with Gasteiger partial charge in [-0.2, -0.15) is 0 Å². The van der Waals surface area contributed by atoms with Gasteiger partial charge in [-0.25, -0.2) is 4.79 Å². The Bertz CT molecular complexity index is 439. The first-order valence-electron chi connectivity index (χ1n) is 6.66. The molecule has 0 aromatic heterocycles. The Hall–Kier alpha value is -1.59. The number of piperazine rings is 1. The molecule has 1 fully saturated rings. The average molecular weight is 262 g/mol. The largest absolute Gasteiger partial charge is 0.324 e. The summed E-state index contributed by atoms with van der Waals surface area (Å²) in [5.41, 5.74) is 7.67. The van der Waals surface area contributed by atoms with Crippen LogP contribution >= 0.6 is 0 Å². The molecule has 0 aliphatic carbocycles. The third-order valence-electron chi connectivity index (χ3n) is 3.45. The average Bonchev–Trinajstić information content (AvgIpc) is 2.39. The van der Waals surface area contributed by atoms with Crippen molar-refractivity contribution in [1.82, 2.24) is 9.80 Å². The number of nitrogens with one attached hydrogen (secondary N) is 1. The van der Waals surface area contributed by atoms with Crippen LogP contribution in [0.4, 0.5) is 10.5 Å². The molecule has 3 N–H and O–H groups in total. The number of nitrogens with two attached hydrogens (primary N) is 1. The fourth-order valence-corrected chi connectivity index (χ4v) is 2.11. The SMILES string of the molecule is CC(N)c1cccc(NC(=O)N2CCN(C)CC2)c1. The van der Waals surface area contributed by atoms with Crippen molar-refractivity contribution in [2.75, 3.05) is 38.5 Å². The summed E-state index contributed by atoms with van der Waals surface area (Å²) in [7, 11) is 2.07. The minimum Gasteiger partial charge on any atom is -0.324 e. The quantitative estimate of drug-likeness (QED) is 0.848. The van der Waals surface area contributed by atoms with E-state index in [1.165, 1.54) is 0 Å². The van der Waals surface area contributed by atoms with Gasteiger partial charge in [0.2, 0.25) is 0 Å². The predicted octanol–water partition coefficient (Wildman–Crippen LogP) is 1.49. The normalized spacial score (nSPS) is 18.2. The van der Waals surface area contributed by atoms with E-state index in [0.717, 1.165) is 37.4 Å². The molecule has 1 aromatic carbocycles. The zero-order valence-corrected chi connectivity index (χ0v) is 11.6. The van der Waals surface area contributed by atoms with Crippen molar-refractivity contribution in [2.45, 2.75) is 13.0 Å². The Labute approximate surface area is 114 Å². The van der Waals surface area contributed by atoms with Crippen LogP contribution in [0.2, 0.25) is 0 Å². The number of carbonyl (C=O) groups excluding carboxylic acids is 1. The predicted molar refractivity (Wildman–Crippen MR) is 77.1 cm³/mol. The first-order chi connectivity index (χ1) is 9.06. The van der Waals surface area contributed by atoms with Crippen LogP contribution in [-0.4, -0.2) is 49.1 Å². The van der Waals surface area contributed by atoms with E-state index in [4.69, 9.17) is 5.73 Å². The number of hydrogen-bond acceptors (Lipinski definition) is 3. The first-order valence-corrected chi connectivity index (χ1v) is 6.66. The number of carbonyl (C=O) groups is 1. The molecule has 1 aromatic rings. The molecule has 1 aliphatic heterocycles. The number of urea groups is 1. The van der Waals surface area contributed by atoms with Crippen molar-refractivity contribution in [3.63, 3.8) is 0 Å². The van der Waals surface area contributed by atoms with Crippen LogP contribution in [0, 0.1) is 0 Å². The number of anilines is 1. The summed E-state index contributed by atoms with van der Waals surface area (Å²) in [6, 6.07) is 7.64. The minimum absolute atomic E-state index is 0.0273. The van der Waals surface area contributed by atoms with E-state index < -0.39 is 0 Å². The summed E-state index contributed by atoms with van der Waals surface area (Å²) >= 11 is 0. The van der Waals surface area contributed by atoms with E-state index in [2.05, 4.69) is 17.3 Å². The third-order valence-corrected chi connectivity index (χ3v) is 3.45. The fourth-order valence-electron chi connectivity index (χ4n) is 2.11. The van der Waals surface area contributed by atoms with Gasteiger partial charge in [0.15, 0.2) is 0 Å². The molecule has 19 heavy (non-hydrogen) atoms. The molecule has 0 bridgehead atoms. The second-order valence-corrected chi connectivity index (χ2v) is 5.13. The molecule has 2 rings (SSSR count). The van der Waals surface area contributed by atoms with Crippen molar-refractivity contribution < 1.29 is 4.79 Å². The van der Waals surface area contributed by atoms with Crippen LogP contribution in [0.1, 0.15) is 18.5 Å². The van der Waals surface area contributed by atoms with Crippen molar-refractivity contribution in [3.05, 3.63) is 29.8 Å². The van der Waals surface area contributed by atoms with Crippen molar-refractivity contribution in [1.29, 1.82) is 0 Å². The van der Waals surface area contributed by atoms with Gasteiger partial charge in [-0.1, -0.05) is 12.1 Å². The summed E-state index contributed by atoms with van der Waals surface area (Å²) in [5.74, 6) is 0. The van der Waals surface area contributed by atoms with E-state index in [9.17, 15) is 4.79 Å². The molecule has 104 valence electrons. The van der Waals surface area contributed by atoms with Crippen molar-refractivity contribution in [3.8, 4) is 0 Å². The van der Waals surface area contributed by atoms with Crippen LogP contribution < -0.4 is 11.1 Å². The molecule has 5 heteroatoms. The number of hydrogen-bond donors (Lipinski definition) is 2. The number of benzene rings is 1. The van der Waals surface area contributed by atoms with Crippen LogP contribution in [0.5, 0.6) is 0 Å². The number of nitrogens with zero attached hydrogens (tertiary/aromatic N) is 2. The van der Waals surface area contributed by atoms with Gasteiger partial charge in [-0.15, -0.1) is 0 Å². The van der Waals surface area contributed by atoms with E-state index in [1.54, 1.807) is 0 Å². The maximum atomic E-state index is 12.1. The first kappa shape index (κ1) is 13.8. The second kappa shape index (κ2) is 6.04. The molecule has 5 nitrogen and oxygen atoms in total. The molecular weight excluding hydrogens is 240 g/mol. The Balaban J connectivity index is 1.97. The van der Waals surface area contributed by atoms with Crippen molar-refractivity contribution in [2.24, 2.45) is 5.73 Å². The van der Waals surface area contributed by atoms with E-state index in [1.807, 2.05) is 36.1 Å². The highest BCUT2D eigenvalue weighted by molar-refractivity contribution is 5.89. The third kappa shape index (κ3) is 3.68. The van der Waals surface area contributed by atoms with Crippen LogP contribution in [0.15, 0.2) is 24.3 Å². The minimum atomic E-state index is -0.0325. The monoisotopic (exact) mass is 262 g/mol. The molecule has 1 saturated heterocycles. The maximum Gasteiger partial charge on any atom is 0.321 e. The highest BCUT2D eigenvalue weighted by Crippen LogP contribution is 2.16. The van der Waals surface area contributed by atoms with E-state index >= 15 is 0 Å². The Morgan fingerprint density at radius 3 is 2.63 bits per heavy atom. The Morgan fingerprint density at radius 2 is 2.00 bits per heavy atom. The standard InChI is InChI=1S/C14H22N4O/c1-11(15)12-4-3-5-13(10-12)16-14(19)18-8-6-17(2)7-9-18/h3-5,10-11H,6-9,15H2,1-2H3,(H,16,19). The summed E-state index contributed by atoms with van der Waals surface area (Å²) in [4.78, 5) is 16.2. The molecule has 1 unspecified atom stereocenters. The molecular formula is C14H22N4O. The molecule has 0 saturated carbocycles. The topological polar surface area (TPSA) is 61.6 Å². The molecule has 1 heterocycles. The summed E-state index contributed by atoms with van der Waals surface area (Å²) in [5, 5.41) is 2.93. The zero-order chi connectivity index (χ0) is 13.8. The summed E-state index contributed by atoms with van der Waals surface area (Å²) in [6.07, 6.45) is 0. The highest BCUT2D eigenvalue weighted by atomic mass is 16.2. The van der Waals surface area contributed by atoms with Gasteiger partial charge < -0.3 is 20.9 Å². The molecule has 0 spiro atoms. The van der Waals surface area contributed by atoms with Gasteiger partial charge in [0.25, 0.3) is 0 Å². The fraction of sp³-hybridized carbons (Fsp3) is 0.500. The van der Waals surface area contributed by atoms with Gasteiger partial charge in [0.1, 0.15) is 0 Å². The van der Waals surface area contributed by atoms with E-state index in [0.29, 0.717) is 0 Å². The molecule has 2 amide bonds. The van der Waals surface area contributed by atoms with Crippen molar-refractivity contribution >= 4 is 11.7 Å². The molecule has 1 atom stereocenters. The summed E-state index contributed by atoms with van der Waals surface area (Å²) in [6.45, 7) is 5.33. The Kier molecular flexibility index (Phi) is 4.39. The molecule has 1 aliphatic rings. The summed E-state index contributed by atoms with van der Waals surface area (Å²) < 4.78 is 0. The lowest BCUT2D eigenvalue weighted by molar-refractivity contribution is 0.164. The number of amides is 2. The lowest BCUT2D eigenvalue weighted by Gasteiger charge is -2.32. The zero-order valence-electron chi connectivity index (χ0n) is 11.6. The molecule has 0 radical (unpaired) electrons. The van der Waals surface area contributed by atoms with Gasteiger partial charge in [0.05, 0.1) is 0 Å². The highest BCUT2D eigenvalue weighted by Gasteiger charge is 2.18. The van der Waals surface area contributed by atoms with Gasteiger partial charge in [-0.3, -0.25) is 0 Å². The second-order valence-electron chi connectivity index (χ2n) is 5.13. The lowest BCUT2D eigenvalue weighted by atomic mass is 10.1. The maximum absolute atomic E-state index is 12.1. The van der Waals surface area contributed by atoms with Crippen LogP contribution in [0.25, 0.3) is 0 Å². The van der Waals surface area contributed by atoms with Gasteiger partial charge >= 0.3 is 6.03 Å².